The molecule has 0 aliphatic heterocycles. The Hall–Kier alpha value is -2.66. The smallest absolute Gasteiger partial charge is 0.278 e. The summed E-state index contributed by atoms with van der Waals surface area (Å²) in [6, 6.07) is 14.9. The first-order chi connectivity index (χ1) is 12.1. The number of aromatic nitrogens is 3. The fourth-order valence-corrected chi connectivity index (χ4v) is 2.68. The van der Waals surface area contributed by atoms with Gasteiger partial charge in [-0.05, 0) is 49.7 Å². The minimum Gasteiger partial charge on any atom is -0.321 e. The molecule has 2 aromatic carbocycles. The first-order valence-electron chi connectivity index (χ1n) is 8.17. The summed E-state index contributed by atoms with van der Waals surface area (Å²) in [5.74, 6) is -0.257. The van der Waals surface area contributed by atoms with E-state index in [1.54, 1.807) is 16.8 Å². The molecule has 0 saturated carbocycles. The van der Waals surface area contributed by atoms with Crippen LogP contribution in [-0.4, -0.2) is 20.9 Å². The number of hydrogen-bond donors (Lipinski definition) is 1. The Morgan fingerprint density at radius 3 is 2.44 bits per heavy atom. The normalized spacial score (nSPS) is 10.7. The van der Waals surface area contributed by atoms with Crippen molar-refractivity contribution in [3.63, 3.8) is 0 Å². The Morgan fingerprint density at radius 2 is 1.80 bits per heavy atom. The van der Waals surface area contributed by atoms with E-state index in [9.17, 15) is 4.79 Å². The maximum Gasteiger partial charge on any atom is 0.278 e. The summed E-state index contributed by atoms with van der Waals surface area (Å²) in [6.45, 7) is 4.06. The van der Waals surface area contributed by atoms with E-state index < -0.39 is 0 Å². The molecule has 0 unspecified atom stereocenters. The average Bonchev–Trinajstić information content (AvgIpc) is 3.02. The number of amides is 1. The fraction of sp³-hybridized carbons (Fsp3) is 0.211. The summed E-state index contributed by atoms with van der Waals surface area (Å²) in [7, 11) is 0. The maximum absolute atomic E-state index is 12.6. The fourth-order valence-electron chi connectivity index (χ4n) is 2.56. The summed E-state index contributed by atoms with van der Waals surface area (Å²) in [6.07, 6.45) is 1.58. The van der Waals surface area contributed by atoms with Crippen LogP contribution in [0, 0.1) is 6.92 Å². The molecule has 1 aromatic heterocycles. The zero-order valence-corrected chi connectivity index (χ0v) is 14.9. The van der Waals surface area contributed by atoms with Crippen LogP contribution in [0.15, 0.2) is 48.5 Å². The van der Waals surface area contributed by atoms with E-state index in [1.165, 1.54) is 0 Å². The van der Waals surface area contributed by atoms with Crippen LogP contribution in [0.25, 0.3) is 5.69 Å². The molecule has 128 valence electrons. The van der Waals surface area contributed by atoms with Gasteiger partial charge < -0.3 is 5.32 Å². The summed E-state index contributed by atoms with van der Waals surface area (Å²) < 4.78 is 1.70. The van der Waals surface area contributed by atoms with Gasteiger partial charge in [0, 0.05) is 10.7 Å². The summed E-state index contributed by atoms with van der Waals surface area (Å²) in [5, 5.41) is 11.8. The van der Waals surface area contributed by atoms with Crippen molar-refractivity contribution < 1.29 is 4.79 Å². The molecule has 1 N–H and O–H groups in total. The SMILES string of the molecule is CCCc1c(C(=O)Nc2ccc(C)cc2)nnn1-c1ccc(Cl)cc1. The van der Waals surface area contributed by atoms with E-state index >= 15 is 0 Å². The predicted octanol–water partition coefficient (Wildman–Crippen LogP) is 4.43. The van der Waals surface area contributed by atoms with Crippen LogP contribution >= 0.6 is 11.6 Å². The quantitative estimate of drug-likeness (QED) is 0.737. The van der Waals surface area contributed by atoms with Crippen molar-refractivity contribution in [2.24, 2.45) is 0 Å². The number of halogens is 1. The number of hydrogen-bond acceptors (Lipinski definition) is 3. The number of carbonyl (C=O) groups excluding carboxylic acids is 1. The number of aryl methyl sites for hydroxylation is 1. The molecule has 0 radical (unpaired) electrons. The van der Waals surface area contributed by atoms with Gasteiger partial charge in [-0.3, -0.25) is 4.79 Å². The molecule has 0 atom stereocenters. The van der Waals surface area contributed by atoms with Crippen molar-refractivity contribution in [3.8, 4) is 5.69 Å². The van der Waals surface area contributed by atoms with Crippen LogP contribution in [0.1, 0.15) is 35.1 Å². The zero-order valence-electron chi connectivity index (χ0n) is 14.2. The third kappa shape index (κ3) is 3.88. The lowest BCUT2D eigenvalue weighted by Gasteiger charge is -2.08. The van der Waals surface area contributed by atoms with Gasteiger partial charge in [-0.2, -0.15) is 0 Å². The lowest BCUT2D eigenvalue weighted by atomic mass is 10.1. The van der Waals surface area contributed by atoms with Crippen molar-refractivity contribution in [1.29, 1.82) is 0 Å². The standard InChI is InChI=1S/C19H19ClN4O/c1-3-4-17-18(19(25)21-15-9-5-13(2)6-10-15)22-23-24(17)16-11-7-14(20)8-12-16/h5-12H,3-4H2,1-2H3,(H,21,25). The Bertz CT molecular complexity index is 869. The van der Waals surface area contributed by atoms with E-state index in [0.29, 0.717) is 17.1 Å². The Labute approximate surface area is 151 Å². The molecule has 1 heterocycles. The number of anilines is 1. The molecule has 5 nitrogen and oxygen atoms in total. The van der Waals surface area contributed by atoms with E-state index in [4.69, 9.17) is 11.6 Å². The highest BCUT2D eigenvalue weighted by Crippen LogP contribution is 2.19. The van der Waals surface area contributed by atoms with Crippen molar-refractivity contribution in [2.75, 3.05) is 5.32 Å². The first-order valence-corrected chi connectivity index (χ1v) is 8.55. The van der Waals surface area contributed by atoms with Gasteiger partial charge in [-0.25, -0.2) is 4.68 Å². The third-order valence-electron chi connectivity index (χ3n) is 3.85. The highest BCUT2D eigenvalue weighted by Gasteiger charge is 2.20. The van der Waals surface area contributed by atoms with Crippen LogP contribution in [0.4, 0.5) is 5.69 Å². The van der Waals surface area contributed by atoms with Gasteiger partial charge in [0.25, 0.3) is 5.91 Å². The minimum atomic E-state index is -0.257. The van der Waals surface area contributed by atoms with Crippen LogP contribution in [-0.2, 0) is 6.42 Å². The molecule has 3 rings (SSSR count). The monoisotopic (exact) mass is 354 g/mol. The van der Waals surface area contributed by atoms with Crippen LogP contribution in [0.3, 0.4) is 0 Å². The van der Waals surface area contributed by atoms with Crippen LogP contribution < -0.4 is 5.32 Å². The molecule has 0 fully saturated rings. The van der Waals surface area contributed by atoms with Gasteiger partial charge in [0.2, 0.25) is 0 Å². The van der Waals surface area contributed by atoms with E-state index in [0.717, 1.165) is 29.1 Å². The van der Waals surface area contributed by atoms with Crippen LogP contribution in [0.5, 0.6) is 0 Å². The zero-order chi connectivity index (χ0) is 17.8. The average molecular weight is 355 g/mol. The van der Waals surface area contributed by atoms with Crippen LogP contribution in [0.2, 0.25) is 5.02 Å². The summed E-state index contributed by atoms with van der Waals surface area (Å²) >= 11 is 5.95. The van der Waals surface area contributed by atoms with Gasteiger partial charge in [-0.1, -0.05) is 47.9 Å². The van der Waals surface area contributed by atoms with Gasteiger partial charge >= 0.3 is 0 Å². The second-order valence-electron chi connectivity index (χ2n) is 5.84. The topological polar surface area (TPSA) is 59.8 Å². The molecule has 0 bridgehead atoms. The molecular formula is C19H19ClN4O. The largest absolute Gasteiger partial charge is 0.321 e. The number of benzene rings is 2. The van der Waals surface area contributed by atoms with Crippen molar-refractivity contribution >= 4 is 23.2 Å². The summed E-state index contributed by atoms with van der Waals surface area (Å²) in [4.78, 5) is 12.6. The van der Waals surface area contributed by atoms with Gasteiger partial charge in [0.15, 0.2) is 5.69 Å². The van der Waals surface area contributed by atoms with E-state index in [1.807, 2.05) is 43.3 Å². The van der Waals surface area contributed by atoms with Crippen molar-refractivity contribution in [2.45, 2.75) is 26.7 Å². The number of nitrogens with one attached hydrogen (secondary N) is 1. The molecule has 0 aliphatic carbocycles. The molecule has 0 saturated heterocycles. The van der Waals surface area contributed by atoms with Crippen molar-refractivity contribution in [3.05, 3.63) is 70.5 Å². The molecule has 6 heteroatoms. The van der Waals surface area contributed by atoms with Crippen molar-refractivity contribution in [1.82, 2.24) is 15.0 Å². The molecule has 0 aliphatic rings. The number of carbonyl (C=O) groups is 1. The minimum absolute atomic E-state index is 0.257. The Morgan fingerprint density at radius 1 is 1.12 bits per heavy atom. The van der Waals surface area contributed by atoms with Gasteiger partial charge in [-0.15, -0.1) is 5.10 Å². The molecule has 1 amide bonds. The Balaban J connectivity index is 1.91. The number of rotatable bonds is 5. The first kappa shape index (κ1) is 17.2. The molecule has 0 spiro atoms. The lowest BCUT2D eigenvalue weighted by molar-refractivity contribution is 0.102. The van der Waals surface area contributed by atoms with E-state index in [-0.39, 0.29) is 5.91 Å². The lowest BCUT2D eigenvalue weighted by Crippen LogP contribution is -2.15. The highest BCUT2D eigenvalue weighted by atomic mass is 35.5. The predicted molar refractivity (Wildman–Crippen MR) is 99.5 cm³/mol. The van der Waals surface area contributed by atoms with Gasteiger partial charge in [0.1, 0.15) is 0 Å². The second kappa shape index (κ2) is 7.49. The third-order valence-corrected chi connectivity index (χ3v) is 4.10. The maximum atomic E-state index is 12.6. The number of nitrogens with zero attached hydrogens (tertiary/aromatic N) is 3. The second-order valence-corrected chi connectivity index (χ2v) is 6.28. The van der Waals surface area contributed by atoms with E-state index in [2.05, 4.69) is 22.6 Å². The molecular weight excluding hydrogens is 336 g/mol. The molecule has 25 heavy (non-hydrogen) atoms. The Kier molecular flexibility index (Phi) is 5.14. The summed E-state index contributed by atoms with van der Waals surface area (Å²) in [5.41, 5.74) is 3.83. The highest BCUT2D eigenvalue weighted by molar-refractivity contribution is 6.30. The molecule has 3 aromatic rings. The van der Waals surface area contributed by atoms with Gasteiger partial charge in [0.05, 0.1) is 11.4 Å².